The van der Waals surface area contributed by atoms with E-state index in [1.165, 1.54) is 8.45 Å². The highest BCUT2D eigenvalue weighted by molar-refractivity contribution is 14.1. The molecular weight excluding hydrogens is 384 g/mol. The lowest BCUT2D eigenvalue weighted by molar-refractivity contribution is 0.587. The first-order valence-electron chi connectivity index (χ1n) is 6.77. The summed E-state index contributed by atoms with van der Waals surface area (Å²) in [4.78, 5) is 0. The summed E-state index contributed by atoms with van der Waals surface area (Å²) in [6.07, 6.45) is 1.08. The van der Waals surface area contributed by atoms with Crippen molar-refractivity contribution in [3.63, 3.8) is 0 Å². The molecule has 0 spiro atoms. The second-order valence-corrected chi connectivity index (χ2v) is 7.85. The van der Waals surface area contributed by atoms with Crippen LogP contribution in [-0.2, 0) is 0 Å². The molecule has 2 rings (SSSR count). The van der Waals surface area contributed by atoms with Crippen LogP contribution in [0.25, 0.3) is 0 Å². The predicted octanol–water partition coefficient (Wildman–Crippen LogP) is 5.20. The second-order valence-electron chi connectivity index (χ2n) is 5.04. The number of hydrogen-bond donors (Lipinski definition) is 1. The van der Waals surface area contributed by atoms with Crippen LogP contribution < -0.4 is 5.32 Å². The largest absolute Gasteiger partial charge is 0.306 e. The van der Waals surface area contributed by atoms with Crippen LogP contribution in [-0.4, -0.2) is 6.54 Å². The van der Waals surface area contributed by atoms with Gasteiger partial charge in [0.05, 0.1) is 8.93 Å². The Bertz CT molecular complexity index is 571. The van der Waals surface area contributed by atoms with Crippen molar-refractivity contribution in [2.45, 2.75) is 33.2 Å². The van der Waals surface area contributed by atoms with Gasteiger partial charge in [0.25, 0.3) is 0 Å². The Kier molecular flexibility index (Phi) is 5.57. The van der Waals surface area contributed by atoms with Gasteiger partial charge >= 0.3 is 0 Å². The van der Waals surface area contributed by atoms with Crippen molar-refractivity contribution in [3.8, 4) is 0 Å². The van der Waals surface area contributed by atoms with Crippen molar-refractivity contribution < 1.29 is 4.39 Å². The number of thiophene rings is 1. The lowest BCUT2D eigenvalue weighted by Gasteiger charge is -2.19. The Morgan fingerprint density at radius 2 is 1.85 bits per heavy atom. The molecule has 1 N–H and O–H groups in total. The molecule has 0 amide bonds. The van der Waals surface area contributed by atoms with Crippen LogP contribution in [0.4, 0.5) is 4.39 Å². The van der Waals surface area contributed by atoms with E-state index in [0.717, 1.165) is 18.5 Å². The number of halogens is 2. The Morgan fingerprint density at radius 3 is 2.35 bits per heavy atom. The summed E-state index contributed by atoms with van der Waals surface area (Å²) in [5.41, 5.74) is 3.84. The standard InChI is InChI=1S/C16H19FINS/c1-4-5-19-16(13-8-14(18)20-9-13)12-6-10(2)15(17)11(3)7-12/h6-9,16,19H,4-5H2,1-3H3. The normalized spacial score (nSPS) is 12.7. The van der Waals surface area contributed by atoms with Gasteiger partial charge in [-0.25, -0.2) is 4.39 Å². The molecule has 0 bridgehead atoms. The lowest BCUT2D eigenvalue weighted by Crippen LogP contribution is -2.23. The summed E-state index contributed by atoms with van der Waals surface area (Å²) in [7, 11) is 0. The van der Waals surface area contributed by atoms with Gasteiger partial charge in [-0.2, -0.15) is 0 Å². The predicted molar refractivity (Wildman–Crippen MR) is 93.0 cm³/mol. The number of benzene rings is 1. The van der Waals surface area contributed by atoms with Crippen molar-refractivity contribution >= 4 is 33.9 Å². The highest BCUT2D eigenvalue weighted by Crippen LogP contribution is 2.29. The molecule has 20 heavy (non-hydrogen) atoms. The van der Waals surface area contributed by atoms with Gasteiger partial charge < -0.3 is 5.32 Å². The number of rotatable bonds is 5. The van der Waals surface area contributed by atoms with E-state index in [-0.39, 0.29) is 11.9 Å². The molecule has 0 aliphatic carbocycles. The summed E-state index contributed by atoms with van der Waals surface area (Å²) < 4.78 is 15.1. The monoisotopic (exact) mass is 403 g/mol. The van der Waals surface area contributed by atoms with Gasteiger partial charge in [-0.05, 0) is 83.1 Å². The highest BCUT2D eigenvalue weighted by atomic mass is 127. The number of aryl methyl sites for hydroxylation is 2. The van der Waals surface area contributed by atoms with E-state index in [4.69, 9.17) is 0 Å². The van der Waals surface area contributed by atoms with Crippen LogP contribution >= 0.6 is 33.9 Å². The summed E-state index contributed by atoms with van der Waals surface area (Å²) >= 11 is 4.09. The lowest BCUT2D eigenvalue weighted by atomic mass is 9.97. The molecule has 0 saturated carbocycles. The smallest absolute Gasteiger partial charge is 0.129 e. The minimum absolute atomic E-state index is 0.0945. The van der Waals surface area contributed by atoms with Crippen LogP contribution in [0.15, 0.2) is 23.6 Å². The maximum atomic E-state index is 13.8. The third-order valence-electron chi connectivity index (χ3n) is 3.31. The SMILES string of the molecule is CCCNC(c1csc(I)c1)c1cc(C)c(F)c(C)c1. The summed E-state index contributed by atoms with van der Waals surface area (Å²) in [6, 6.07) is 6.26. The van der Waals surface area contributed by atoms with Gasteiger partial charge in [0.1, 0.15) is 5.82 Å². The van der Waals surface area contributed by atoms with Gasteiger partial charge in [0.2, 0.25) is 0 Å². The van der Waals surface area contributed by atoms with Crippen molar-refractivity contribution in [1.29, 1.82) is 0 Å². The molecule has 0 radical (unpaired) electrons. The third kappa shape index (κ3) is 3.59. The van der Waals surface area contributed by atoms with Crippen LogP contribution in [0.1, 0.15) is 41.6 Å². The molecule has 4 heteroatoms. The van der Waals surface area contributed by atoms with Crippen molar-refractivity contribution in [1.82, 2.24) is 5.32 Å². The molecule has 0 saturated heterocycles. The molecule has 1 heterocycles. The van der Waals surface area contributed by atoms with E-state index in [9.17, 15) is 4.39 Å². The van der Waals surface area contributed by atoms with Crippen molar-refractivity contribution in [3.05, 3.63) is 54.5 Å². The maximum Gasteiger partial charge on any atom is 0.129 e. The number of hydrogen-bond acceptors (Lipinski definition) is 2. The molecule has 1 atom stereocenters. The van der Waals surface area contributed by atoms with E-state index in [0.29, 0.717) is 11.1 Å². The molecule has 0 aliphatic rings. The van der Waals surface area contributed by atoms with Gasteiger partial charge in [0.15, 0.2) is 0 Å². The van der Waals surface area contributed by atoms with Gasteiger partial charge in [0, 0.05) is 0 Å². The average molecular weight is 403 g/mol. The molecule has 1 unspecified atom stereocenters. The molecule has 0 aliphatic heterocycles. The van der Waals surface area contributed by atoms with E-state index >= 15 is 0 Å². The van der Waals surface area contributed by atoms with Crippen LogP contribution in [0.3, 0.4) is 0 Å². The molecule has 2 aromatic rings. The van der Waals surface area contributed by atoms with Crippen LogP contribution in [0, 0.1) is 22.5 Å². The Balaban J connectivity index is 2.40. The maximum absolute atomic E-state index is 13.8. The summed E-state index contributed by atoms with van der Waals surface area (Å²) in [5.74, 6) is -0.0945. The quantitative estimate of drug-likeness (QED) is 0.677. The van der Waals surface area contributed by atoms with E-state index < -0.39 is 0 Å². The first-order valence-corrected chi connectivity index (χ1v) is 8.72. The van der Waals surface area contributed by atoms with Gasteiger partial charge in [-0.15, -0.1) is 11.3 Å². The molecule has 1 nitrogen and oxygen atoms in total. The zero-order valence-corrected chi connectivity index (χ0v) is 14.9. The Labute approximate surface area is 137 Å². The summed E-state index contributed by atoms with van der Waals surface area (Å²) in [5, 5.41) is 5.75. The fourth-order valence-electron chi connectivity index (χ4n) is 2.34. The second kappa shape index (κ2) is 7.00. The summed E-state index contributed by atoms with van der Waals surface area (Å²) in [6.45, 7) is 6.77. The van der Waals surface area contributed by atoms with E-state index in [1.54, 1.807) is 11.3 Å². The number of nitrogens with one attached hydrogen (secondary N) is 1. The topological polar surface area (TPSA) is 12.0 Å². The third-order valence-corrected chi connectivity index (χ3v) is 5.12. The van der Waals surface area contributed by atoms with E-state index in [1.807, 2.05) is 26.0 Å². The first-order chi connectivity index (χ1) is 9.52. The Hall–Kier alpha value is -0.460. The minimum Gasteiger partial charge on any atom is -0.306 e. The van der Waals surface area contributed by atoms with E-state index in [2.05, 4.69) is 46.3 Å². The zero-order chi connectivity index (χ0) is 14.7. The molecule has 0 fully saturated rings. The van der Waals surface area contributed by atoms with Crippen LogP contribution in [0.5, 0.6) is 0 Å². The minimum atomic E-state index is -0.0945. The zero-order valence-electron chi connectivity index (χ0n) is 12.0. The fourth-order valence-corrected chi connectivity index (χ4v) is 3.74. The molecule has 1 aromatic heterocycles. The molecule has 108 valence electrons. The molecule has 1 aromatic carbocycles. The van der Waals surface area contributed by atoms with Gasteiger partial charge in [-0.1, -0.05) is 19.1 Å². The van der Waals surface area contributed by atoms with Crippen LogP contribution in [0.2, 0.25) is 0 Å². The first kappa shape index (κ1) is 15.9. The van der Waals surface area contributed by atoms with Crippen molar-refractivity contribution in [2.24, 2.45) is 0 Å². The fraction of sp³-hybridized carbons (Fsp3) is 0.375. The molecular formula is C16H19FINS. The average Bonchev–Trinajstić information content (AvgIpc) is 2.83. The Morgan fingerprint density at radius 1 is 1.20 bits per heavy atom. The highest BCUT2D eigenvalue weighted by Gasteiger charge is 2.17. The van der Waals surface area contributed by atoms with Gasteiger partial charge in [-0.3, -0.25) is 0 Å². The van der Waals surface area contributed by atoms with Crippen molar-refractivity contribution in [2.75, 3.05) is 6.54 Å².